The number of ether oxygens (including phenoxy) is 1. The van der Waals surface area contributed by atoms with E-state index in [2.05, 4.69) is 35.6 Å². The third-order valence-corrected chi connectivity index (χ3v) is 5.45. The normalized spacial score (nSPS) is 11.9. The number of fused-ring (bicyclic) bond motifs is 1. The van der Waals surface area contributed by atoms with E-state index in [1.165, 1.54) is 31.7 Å². The number of benzene rings is 1. The van der Waals surface area contributed by atoms with Crippen LogP contribution in [0.25, 0.3) is 22.2 Å². The molecule has 1 amide bonds. The zero-order valence-electron chi connectivity index (χ0n) is 21.3. The highest BCUT2D eigenvalue weighted by Crippen LogP contribution is 2.29. The molecule has 1 atom stereocenters. The van der Waals surface area contributed by atoms with E-state index in [-0.39, 0.29) is 41.9 Å². The van der Waals surface area contributed by atoms with Gasteiger partial charge in [-0.3, -0.25) is 9.78 Å². The summed E-state index contributed by atoms with van der Waals surface area (Å²) in [5.41, 5.74) is 2.53. The molecule has 0 aliphatic carbocycles. The monoisotopic (exact) mass is 523 g/mol. The molecule has 37 heavy (non-hydrogen) atoms. The van der Waals surface area contributed by atoms with Gasteiger partial charge >= 0.3 is 6.01 Å². The number of hydrogen-bond acceptors (Lipinski definition) is 8. The molecule has 9 nitrogen and oxygen atoms in total. The Morgan fingerprint density at radius 1 is 1.08 bits per heavy atom. The molecule has 0 aliphatic rings. The van der Waals surface area contributed by atoms with E-state index in [1.807, 2.05) is 27.7 Å². The highest BCUT2D eigenvalue weighted by molar-refractivity contribution is 7.59. The van der Waals surface area contributed by atoms with Crippen molar-refractivity contribution in [1.29, 1.82) is 0 Å². The van der Waals surface area contributed by atoms with Gasteiger partial charge in [-0.15, -0.1) is 0 Å². The summed E-state index contributed by atoms with van der Waals surface area (Å²) in [5.74, 6) is -0.287. The lowest BCUT2D eigenvalue weighted by Gasteiger charge is -2.19. The van der Waals surface area contributed by atoms with Crippen molar-refractivity contribution in [2.24, 2.45) is 0 Å². The van der Waals surface area contributed by atoms with Gasteiger partial charge in [0, 0.05) is 55.1 Å². The number of pyridine rings is 1. The Morgan fingerprint density at radius 3 is 2.49 bits per heavy atom. The minimum absolute atomic E-state index is 0. The predicted octanol–water partition coefficient (Wildman–Crippen LogP) is 4.49. The van der Waals surface area contributed by atoms with Gasteiger partial charge in [-0.05, 0) is 38.5 Å². The van der Waals surface area contributed by atoms with Gasteiger partial charge in [-0.2, -0.15) is 13.5 Å². The van der Waals surface area contributed by atoms with E-state index in [9.17, 15) is 9.18 Å². The van der Waals surface area contributed by atoms with Crippen molar-refractivity contribution in [2.45, 2.75) is 39.2 Å². The van der Waals surface area contributed by atoms with E-state index in [1.54, 1.807) is 24.5 Å². The Bertz CT molecular complexity index is 1390. The second kappa shape index (κ2) is 11.5. The van der Waals surface area contributed by atoms with Crippen LogP contribution < -0.4 is 15.4 Å². The number of anilines is 1. The number of nitrogens with zero attached hydrogens (tertiary/aromatic N) is 5. The van der Waals surface area contributed by atoms with Gasteiger partial charge < -0.3 is 15.4 Å². The highest BCUT2D eigenvalue weighted by Gasteiger charge is 2.19. The number of nitrogens with one attached hydrogen (secondary N) is 2. The average molecular weight is 524 g/mol. The van der Waals surface area contributed by atoms with Crippen LogP contribution in [0, 0.1) is 5.82 Å². The van der Waals surface area contributed by atoms with Crippen molar-refractivity contribution >= 4 is 36.1 Å². The van der Waals surface area contributed by atoms with E-state index in [0.717, 1.165) is 11.1 Å². The molecule has 0 aliphatic heterocycles. The van der Waals surface area contributed by atoms with Crippen LogP contribution in [0.4, 0.5) is 10.2 Å². The number of carbonyl (C=O) groups is 1. The Kier molecular flexibility index (Phi) is 8.59. The molecule has 0 saturated carbocycles. The number of aromatic nitrogens is 5. The zero-order chi connectivity index (χ0) is 25.9. The van der Waals surface area contributed by atoms with E-state index < -0.39 is 5.82 Å². The van der Waals surface area contributed by atoms with Crippen LogP contribution in [0.15, 0.2) is 49.2 Å². The van der Waals surface area contributed by atoms with Crippen molar-refractivity contribution in [3.8, 4) is 17.3 Å². The highest BCUT2D eigenvalue weighted by atomic mass is 32.1. The Hall–Kier alpha value is -3.86. The first-order valence-corrected chi connectivity index (χ1v) is 11.5. The first-order chi connectivity index (χ1) is 17.2. The van der Waals surface area contributed by atoms with Crippen molar-refractivity contribution in [3.05, 3.63) is 66.1 Å². The molecule has 1 aromatic carbocycles. The first kappa shape index (κ1) is 27.7. The molecule has 0 bridgehead atoms. The van der Waals surface area contributed by atoms with Crippen LogP contribution in [-0.4, -0.2) is 50.0 Å². The van der Waals surface area contributed by atoms with Crippen molar-refractivity contribution in [1.82, 2.24) is 30.2 Å². The minimum Gasteiger partial charge on any atom is -0.458 e. The molecule has 0 saturated heterocycles. The standard InChI is InChI=1S/C26H28FN7O2.H2S/c1-15(17-6-7-19(27)22-18(24(35)28-5)8-9-29-23(17)22)11-30-21-10-20(33-14-34-21)16-12-31-25(32-13-16)36-26(2,3)4;/h6-10,12-15H,11H2,1-5H3,(H,28,35)(H,30,33,34);1H2/t15-;/m1./s1. The maximum Gasteiger partial charge on any atom is 0.316 e. The molecule has 4 rings (SSSR count). The van der Waals surface area contributed by atoms with Crippen molar-refractivity contribution in [2.75, 3.05) is 18.9 Å². The fourth-order valence-corrected chi connectivity index (χ4v) is 3.72. The van der Waals surface area contributed by atoms with Gasteiger partial charge in [-0.25, -0.2) is 24.3 Å². The topological polar surface area (TPSA) is 115 Å². The van der Waals surface area contributed by atoms with Gasteiger partial charge in [0.05, 0.1) is 16.8 Å². The second-order valence-electron chi connectivity index (χ2n) is 9.34. The SMILES string of the molecule is CNC(=O)c1ccnc2c([C@H](C)CNc3cc(-c4cnc(OC(C)(C)C)nc4)ncn3)ccc(F)c12.S. The molecule has 0 spiro atoms. The lowest BCUT2D eigenvalue weighted by molar-refractivity contribution is 0.0964. The molecular formula is C26H30FN7O2S. The summed E-state index contributed by atoms with van der Waals surface area (Å²) >= 11 is 0. The van der Waals surface area contributed by atoms with Gasteiger partial charge in [0.25, 0.3) is 5.91 Å². The molecule has 2 N–H and O–H groups in total. The van der Waals surface area contributed by atoms with Crippen LogP contribution in [0.2, 0.25) is 0 Å². The fraction of sp³-hybridized carbons (Fsp3) is 0.308. The summed E-state index contributed by atoms with van der Waals surface area (Å²) < 4.78 is 20.3. The van der Waals surface area contributed by atoms with Crippen LogP contribution in [0.1, 0.15) is 49.5 Å². The largest absolute Gasteiger partial charge is 0.458 e. The molecule has 0 unspecified atom stereocenters. The van der Waals surface area contributed by atoms with Crippen molar-refractivity contribution < 1.29 is 13.9 Å². The third-order valence-electron chi connectivity index (χ3n) is 5.45. The number of rotatable bonds is 7. The molecule has 3 aromatic heterocycles. The summed E-state index contributed by atoms with van der Waals surface area (Å²) in [6.45, 7) is 8.29. The molecular weight excluding hydrogens is 493 g/mol. The average Bonchev–Trinajstić information content (AvgIpc) is 2.86. The van der Waals surface area contributed by atoms with Crippen LogP contribution in [-0.2, 0) is 0 Å². The Morgan fingerprint density at radius 2 is 1.81 bits per heavy atom. The maximum atomic E-state index is 14.7. The lowest BCUT2D eigenvalue weighted by Crippen LogP contribution is -2.24. The minimum atomic E-state index is -0.484. The van der Waals surface area contributed by atoms with Crippen LogP contribution >= 0.6 is 13.5 Å². The zero-order valence-corrected chi connectivity index (χ0v) is 22.3. The molecule has 0 fully saturated rings. The number of amides is 1. The maximum absolute atomic E-state index is 14.7. The first-order valence-electron chi connectivity index (χ1n) is 11.5. The van der Waals surface area contributed by atoms with Crippen molar-refractivity contribution in [3.63, 3.8) is 0 Å². The quantitative estimate of drug-likeness (QED) is 0.364. The Balaban J connectivity index is 0.00000380. The molecule has 3 heterocycles. The van der Waals surface area contributed by atoms with Crippen LogP contribution in [0.3, 0.4) is 0 Å². The number of hydrogen-bond donors (Lipinski definition) is 2. The summed E-state index contributed by atoms with van der Waals surface area (Å²) in [6, 6.07) is 6.70. The third kappa shape index (κ3) is 6.48. The summed E-state index contributed by atoms with van der Waals surface area (Å²) in [4.78, 5) is 33.8. The van der Waals surface area contributed by atoms with E-state index >= 15 is 0 Å². The fourth-order valence-electron chi connectivity index (χ4n) is 3.72. The molecule has 194 valence electrons. The lowest BCUT2D eigenvalue weighted by atomic mass is 9.95. The Labute approximate surface area is 221 Å². The van der Waals surface area contributed by atoms with Gasteiger partial charge in [0.1, 0.15) is 23.6 Å². The number of halogens is 1. The van der Waals surface area contributed by atoms with Gasteiger partial charge in [-0.1, -0.05) is 13.0 Å². The molecule has 11 heteroatoms. The summed E-state index contributed by atoms with van der Waals surface area (Å²) in [7, 11) is 1.51. The van der Waals surface area contributed by atoms with E-state index in [4.69, 9.17) is 4.74 Å². The second-order valence-corrected chi connectivity index (χ2v) is 9.34. The molecule has 0 radical (unpaired) electrons. The number of carbonyl (C=O) groups excluding carboxylic acids is 1. The van der Waals surface area contributed by atoms with Gasteiger partial charge in [0.15, 0.2) is 0 Å². The summed E-state index contributed by atoms with van der Waals surface area (Å²) in [5, 5.41) is 6.07. The van der Waals surface area contributed by atoms with Crippen LogP contribution in [0.5, 0.6) is 6.01 Å². The predicted molar refractivity (Wildman–Crippen MR) is 146 cm³/mol. The summed E-state index contributed by atoms with van der Waals surface area (Å²) in [6.07, 6.45) is 6.30. The molecule has 4 aromatic rings. The van der Waals surface area contributed by atoms with E-state index in [0.29, 0.717) is 29.6 Å². The van der Waals surface area contributed by atoms with Gasteiger partial charge in [0.2, 0.25) is 0 Å². The smallest absolute Gasteiger partial charge is 0.316 e.